The molecule has 25 heavy (non-hydrogen) atoms. The lowest BCUT2D eigenvalue weighted by Gasteiger charge is -2.09. The lowest BCUT2D eigenvalue weighted by atomic mass is 10.0. The summed E-state index contributed by atoms with van der Waals surface area (Å²) < 4.78 is 5.75. The van der Waals surface area contributed by atoms with Gasteiger partial charge in [-0.2, -0.15) is 0 Å². The molecule has 0 saturated carbocycles. The normalized spacial score (nSPS) is 13.0. The first-order valence-electron chi connectivity index (χ1n) is 8.04. The van der Waals surface area contributed by atoms with Crippen LogP contribution in [0.5, 0.6) is 5.75 Å². The molecule has 0 saturated heterocycles. The van der Waals surface area contributed by atoms with E-state index in [9.17, 15) is 0 Å². The number of fused-ring (bicyclic) bond motifs is 2. The molecule has 134 valence electrons. The van der Waals surface area contributed by atoms with Crippen LogP contribution in [-0.2, 0) is 6.54 Å². The van der Waals surface area contributed by atoms with E-state index >= 15 is 0 Å². The van der Waals surface area contributed by atoms with Gasteiger partial charge >= 0.3 is 0 Å². The summed E-state index contributed by atoms with van der Waals surface area (Å²) in [6.07, 6.45) is 0. The number of aromatic nitrogens is 2. The number of halogens is 2. The maximum atomic E-state index is 5.75. The molecule has 4 rings (SSSR count). The Balaban J connectivity index is 0.00000113. The number of ether oxygens (including phenoxy) is 1. The number of imidazole rings is 1. The van der Waals surface area contributed by atoms with Crippen molar-refractivity contribution in [2.45, 2.75) is 13.5 Å². The summed E-state index contributed by atoms with van der Waals surface area (Å²) in [7, 11) is 0. The average molecular weight is 381 g/mol. The zero-order valence-electron chi connectivity index (χ0n) is 14.0. The van der Waals surface area contributed by atoms with Crippen LogP contribution in [0.3, 0.4) is 0 Å². The maximum absolute atomic E-state index is 5.75. The molecule has 0 unspecified atom stereocenters. The van der Waals surface area contributed by atoms with Crippen LogP contribution >= 0.6 is 24.8 Å². The SMILES string of the molecule is CCNc1nc2ccc(-c3ccc4c(c3)CNCCO4)cc2[nH]1.Cl.Cl. The fraction of sp³-hybridized carbons (Fsp3) is 0.278. The Bertz CT molecular complexity index is 850. The van der Waals surface area contributed by atoms with Crippen molar-refractivity contribution in [1.82, 2.24) is 15.3 Å². The van der Waals surface area contributed by atoms with Crippen molar-refractivity contribution >= 4 is 41.8 Å². The number of aromatic amines is 1. The smallest absolute Gasteiger partial charge is 0.201 e. The van der Waals surface area contributed by atoms with E-state index in [0.717, 1.165) is 49.0 Å². The van der Waals surface area contributed by atoms with Gasteiger partial charge in [-0.05, 0) is 42.3 Å². The van der Waals surface area contributed by atoms with E-state index in [2.05, 4.69) is 63.9 Å². The maximum Gasteiger partial charge on any atom is 0.201 e. The molecular weight excluding hydrogens is 359 g/mol. The number of nitrogens with zero attached hydrogens (tertiary/aromatic N) is 1. The second-order valence-corrected chi connectivity index (χ2v) is 5.70. The molecule has 0 bridgehead atoms. The minimum atomic E-state index is 0. The second-order valence-electron chi connectivity index (χ2n) is 5.70. The zero-order chi connectivity index (χ0) is 15.6. The van der Waals surface area contributed by atoms with Crippen molar-refractivity contribution in [3.05, 3.63) is 42.0 Å². The third-order valence-corrected chi connectivity index (χ3v) is 4.07. The Kier molecular flexibility index (Phi) is 6.53. The van der Waals surface area contributed by atoms with E-state index in [1.54, 1.807) is 0 Å². The van der Waals surface area contributed by atoms with E-state index in [1.807, 2.05) is 0 Å². The molecule has 0 amide bonds. The molecule has 0 fully saturated rings. The number of H-pyrrole nitrogens is 1. The minimum Gasteiger partial charge on any atom is -0.492 e. The quantitative estimate of drug-likeness (QED) is 0.642. The predicted molar refractivity (Wildman–Crippen MR) is 107 cm³/mol. The molecule has 7 heteroatoms. The van der Waals surface area contributed by atoms with Crippen LogP contribution < -0.4 is 15.4 Å². The van der Waals surface area contributed by atoms with Crippen LogP contribution in [0.2, 0.25) is 0 Å². The van der Waals surface area contributed by atoms with Gasteiger partial charge in [0.25, 0.3) is 0 Å². The van der Waals surface area contributed by atoms with Gasteiger partial charge in [0.1, 0.15) is 12.4 Å². The third-order valence-electron chi connectivity index (χ3n) is 4.07. The van der Waals surface area contributed by atoms with Crippen LogP contribution in [0.4, 0.5) is 5.95 Å². The minimum absolute atomic E-state index is 0. The number of nitrogens with one attached hydrogen (secondary N) is 3. The second kappa shape index (κ2) is 8.43. The third kappa shape index (κ3) is 4.00. The average Bonchev–Trinajstić information content (AvgIpc) is 2.82. The van der Waals surface area contributed by atoms with E-state index in [-0.39, 0.29) is 24.8 Å². The first-order valence-corrected chi connectivity index (χ1v) is 8.04. The lowest BCUT2D eigenvalue weighted by Crippen LogP contribution is -2.16. The number of anilines is 1. The molecule has 1 aliphatic heterocycles. The Hall–Kier alpha value is -1.95. The summed E-state index contributed by atoms with van der Waals surface area (Å²) in [6, 6.07) is 12.7. The predicted octanol–water partition coefficient (Wildman–Crippen LogP) is 3.99. The van der Waals surface area contributed by atoms with E-state index in [0.29, 0.717) is 0 Å². The highest BCUT2D eigenvalue weighted by molar-refractivity contribution is 5.86. The highest BCUT2D eigenvalue weighted by Crippen LogP contribution is 2.29. The molecule has 1 aliphatic rings. The van der Waals surface area contributed by atoms with Gasteiger partial charge in [-0.1, -0.05) is 12.1 Å². The molecule has 5 nitrogen and oxygen atoms in total. The van der Waals surface area contributed by atoms with Crippen LogP contribution in [-0.4, -0.2) is 29.7 Å². The van der Waals surface area contributed by atoms with E-state index in [1.165, 1.54) is 16.7 Å². The van der Waals surface area contributed by atoms with Crippen molar-refractivity contribution in [3.63, 3.8) is 0 Å². The molecule has 0 atom stereocenters. The summed E-state index contributed by atoms with van der Waals surface area (Å²) in [5.41, 5.74) is 5.60. The van der Waals surface area contributed by atoms with Crippen molar-refractivity contribution in [2.75, 3.05) is 25.0 Å². The summed E-state index contributed by atoms with van der Waals surface area (Å²) in [4.78, 5) is 7.84. The van der Waals surface area contributed by atoms with Crippen molar-refractivity contribution in [1.29, 1.82) is 0 Å². The Morgan fingerprint density at radius 3 is 2.76 bits per heavy atom. The molecule has 0 aliphatic carbocycles. The largest absolute Gasteiger partial charge is 0.492 e. The van der Waals surface area contributed by atoms with Crippen LogP contribution in [0, 0.1) is 0 Å². The van der Waals surface area contributed by atoms with Gasteiger partial charge in [-0.15, -0.1) is 24.8 Å². The molecule has 2 heterocycles. The van der Waals surface area contributed by atoms with Gasteiger partial charge < -0.3 is 20.4 Å². The van der Waals surface area contributed by atoms with Gasteiger partial charge in [-0.25, -0.2) is 4.98 Å². The standard InChI is InChI=1S/C18H20N4O.2ClH/c1-2-20-18-21-15-5-3-13(10-16(15)22-18)12-4-6-17-14(9-12)11-19-7-8-23-17;;/h3-6,9-10,19H,2,7-8,11H2,1H3,(H2,20,21,22);2*1H. The van der Waals surface area contributed by atoms with Gasteiger partial charge in [-0.3, -0.25) is 0 Å². The van der Waals surface area contributed by atoms with E-state index in [4.69, 9.17) is 4.74 Å². The van der Waals surface area contributed by atoms with E-state index < -0.39 is 0 Å². The molecule has 3 aromatic rings. The fourth-order valence-electron chi connectivity index (χ4n) is 2.93. The van der Waals surface area contributed by atoms with Gasteiger partial charge in [0.15, 0.2) is 0 Å². The fourth-order valence-corrected chi connectivity index (χ4v) is 2.93. The van der Waals surface area contributed by atoms with Crippen LogP contribution in [0.25, 0.3) is 22.2 Å². The Labute approximate surface area is 159 Å². The lowest BCUT2D eigenvalue weighted by molar-refractivity contribution is 0.326. The Morgan fingerprint density at radius 1 is 1.12 bits per heavy atom. The number of hydrogen-bond acceptors (Lipinski definition) is 4. The van der Waals surface area contributed by atoms with Gasteiger partial charge in [0.2, 0.25) is 5.95 Å². The number of benzene rings is 2. The molecule has 0 spiro atoms. The molecule has 0 radical (unpaired) electrons. The Morgan fingerprint density at radius 2 is 1.92 bits per heavy atom. The van der Waals surface area contributed by atoms with Gasteiger partial charge in [0.05, 0.1) is 11.0 Å². The van der Waals surface area contributed by atoms with Crippen molar-refractivity contribution in [3.8, 4) is 16.9 Å². The summed E-state index contributed by atoms with van der Waals surface area (Å²) >= 11 is 0. The van der Waals surface area contributed by atoms with Gasteiger partial charge in [0, 0.05) is 25.2 Å². The first-order chi connectivity index (χ1) is 11.3. The highest BCUT2D eigenvalue weighted by atomic mass is 35.5. The molecular formula is C18H22Cl2N4O. The number of rotatable bonds is 3. The summed E-state index contributed by atoms with van der Waals surface area (Å²) in [5, 5.41) is 6.59. The summed E-state index contributed by atoms with van der Waals surface area (Å²) in [5.74, 6) is 1.80. The molecule has 1 aromatic heterocycles. The van der Waals surface area contributed by atoms with Crippen molar-refractivity contribution < 1.29 is 4.74 Å². The van der Waals surface area contributed by atoms with Crippen molar-refractivity contribution in [2.24, 2.45) is 0 Å². The molecule has 2 aromatic carbocycles. The monoisotopic (exact) mass is 380 g/mol. The van der Waals surface area contributed by atoms with Crippen LogP contribution in [0.15, 0.2) is 36.4 Å². The zero-order valence-corrected chi connectivity index (χ0v) is 15.6. The highest BCUT2D eigenvalue weighted by Gasteiger charge is 2.11. The first kappa shape index (κ1) is 19.4. The molecule has 3 N–H and O–H groups in total. The summed E-state index contributed by atoms with van der Waals surface area (Å²) in [6.45, 7) is 5.37. The topological polar surface area (TPSA) is 62.0 Å². The number of hydrogen-bond donors (Lipinski definition) is 3. The van der Waals surface area contributed by atoms with Crippen LogP contribution in [0.1, 0.15) is 12.5 Å².